The summed E-state index contributed by atoms with van der Waals surface area (Å²) < 4.78 is 0. The second-order valence-corrected chi connectivity index (χ2v) is 3.21. The number of thiazole rings is 1. The third-order valence-corrected chi connectivity index (χ3v) is 2.32. The number of aromatic nitrogens is 1. The van der Waals surface area contributed by atoms with Crippen LogP contribution in [0.5, 0.6) is 0 Å². The third-order valence-electron chi connectivity index (χ3n) is 1.29. The fourth-order valence-corrected chi connectivity index (χ4v) is 1.29. The SMILES string of the molecule is CC(O)(CN)c1nccs1. The molecule has 1 heterocycles. The maximum Gasteiger partial charge on any atom is 0.125 e. The van der Waals surface area contributed by atoms with Gasteiger partial charge in [0.1, 0.15) is 10.6 Å². The van der Waals surface area contributed by atoms with Crippen LogP contribution in [0.4, 0.5) is 0 Å². The van der Waals surface area contributed by atoms with Gasteiger partial charge in [-0.25, -0.2) is 4.98 Å². The summed E-state index contributed by atoms with van der Waals surface area (Å²) in [4.78, 5) is 3.95. The molecular formula is C6H10N2OS. The molecule has 56 valence electrons. The molecule has 1 unspecified atom stereocenters. The van der Waals surface area contributed by atoms with Gasteiger partial charge in [0, 0.05) is 18.1 Å². The molecule has 0 radical (unpaired) electrons. The summed E-state index contributed by atoms with van der Waals surface area (Å²) in [5.41, 5.74) is 4.36. The normalized spacial score (nSPS) is 16.7. The van der Waals surface area contributed by atoms with Crippen molar-refractivity contribution in [2.24, 2.45) is 5.73 Å². The van der Waals surface area contributed by atoms with Gasteiger partial charge < -0.3 is 10.8 Å². The molecule has 1 rings (SSSR count). The number of hydrogen-bond acceptors (Lipinski definition) is 4. The van der Waals surface area contributed by atoms with Crippen LogP contribution >= 0.6 is 11.3 Å². The standard InChI is InChI=1S/C6H10N2OS/c1-6(9,4-7)5-8-2-3-10-5/h2-3,9H,4,7H2,1H3. The quantitative estimate of drug-likeness (QED) is 0.651. The Bertz CT molecular complexity index is 196. The minimum absolute atomic E-state index is 0.209. The van der Waals surface area contributed by atoms with Crippen LogP contribution in [0.3, 0.4) is 0 Å². The van der Waals surface area contributed by atoms with E-state index >= 15 is 0 Å². The minimum Gasteiger partial charge on any atom is -0.382 e. The lowest BCUT2D eigenvalue weighted by Crippen LogP contribution is -2.30. The highest BCUT2D eigenvalue weighted by atomic mass is 32.1. The molecule has 0 aliphatic heterocycles. The van der Waals surface area contributed by atoms with Crippen molar-refractivity contribution in [3.63, 3.8) is 0 Å². The monoisotopic (exact) mass is 158 g/mol. The number of aliphatic hydroxyl groups is 1. The van der Waals surface area contributed by atoms with Crippen LogP contribution in [-0.2, 0) is 5.60 Å². The van der Waals surface area contributed by atoms with Crippen LogP contribution in [-0.4, -0.2) is 16.6 Å². The molecule has 0 aliphatic carbocycles. The van der Waals surface area contributed by atoms with Gasteiger partial charge >= 0.3 is 0 Å². The van der Waals surface area contributed by atoms with Crippen LogP contribution in [0.1, 0.15) is 11.9 Å². The first-order chi connectivity index (χ1) is 4.67. The Hall–Kier alpha value is -0.450. The molecule has 0 aromatic carbocycles. The summed E-state index contributed by atoms with van der Waals surface area (Å²) in [6, 6.07) is 0. The molecule has 3 N–H and O–H groups in total. The van der Waals surface area contributed by atoms with E-state index in [4.69, 9.17) is 5.73 Å². The van der Waals surface area contributed by atoms with Crippen molar-refractivity contribution >= 4 is 11.3 Å². The molecular weight excluding hydrogens is 148 g/mol. The Kier molecular flexibility index (Phi) is 2.03. The Morgan fingerprint density at radius 1 is 1.90 bits per heavy atom. The summed E-state index contributed by atoms with van der Waals surface area (Å²) in [5.74, 6) is 0. The Balaban J connectivity index is 2.85. The van der Waals surface area contributed by atoms with Gasteiger partial charge in [-0.3, -0.25) is 0 Å². The minimum atomic E-state index is -0.950. The first-order valence-electron chi connectivity index (χ1n) is 2.99. The van der Waals surface area contributed by atoms with Crippen LogP contribution in [0.15, 0.2) is 11.6 Å². The average molecular weight is 158 g/mol. The van der Waals surface area contributed by atoms with Gasteiger partial charge in [0.15, 0.2) is 0 Å². The summed E-state index contributed by atoms with van der Waals surface area (Å²) in [6.45, 7) is 1.87. The highest BCUT2D eigenvalue weighted by Crippen LogP contribution is 2.20. The molecule has 0 saturated carbocycles. The molecule has 10 heavy (non-hydrogen) atoms. The van der Waals surface area contributed by atoms with E-state index in [1.807, 2.05) is 5.38 Å². The zero-order chi connectivity index (χ0) is 7.61. The Morgan fingerprint density at radius 2 is 2.60 bits per heavy atom. The molecule has 3 nitrogen and oxygen atoms in total. The van der Waals surface area contributed by atoms with Crippen molar-refractivity contribution < 1.29 is 5.11 Å². The van der Waals surface area contributed by atoms with Gasteiger partial charge in [-0.2, -0.15) is 0 Å². The third kappa shape index (κ3) is 1.34. The summed E-state index contributed by atoms with van der Waals surface area (Å²) in [7, 11) is 0. The van der Waals surface area contributed by atoms with E-state index in [9.17, 15) is 5.11 Å². The van der Waals surface area contributed by atoms with Gasteiger partial charge in [0.25, 0.3) is 0 Å². The van der Waals surface area contributed by atoms with Crippen LogP contribution in [0.25, 0.3) is 0 Å². The molecule has 0 spiro atoms. The van der Waals surface area contributed by atoms with Gasteiger partial charge in [-0.1, -0.05) is 0 Å². The number of hydrogen-bond donors (Lipinski definition) is 2. The van der Waals surface area contributed by atoms with Gasteiger partial charge in [0.05, 0.1) is 0 Å². The number of nitrogens with two attached hydrogens (primary N) is 1. The van der Waals surface area contributed by atoms with Crippen molar-refractivity contribution in [1.29, 1.82) is 0 Å². The van der Waals surface area contributed by atoms with E-state index in [0.29, 0.717) is 5.01 Å². The molecule has 1 atom stereocenters. The lowest BCUT2D eigenvalue weighted by Gasteiger charge is -2.16. The molecule has 0 amide bonds. The Morgan fingerprint density at radius 3 is 3.00 bits per heavy atom. The maximum absolute atomic E-state index is 9.51. The molecule has 0 fully saturated rings. The molecule has 1 aromatic heterocycles. The molecule has 1 aromatic rings. The lowest BCUT2D eigenvalue weighted by molar-refractivity contribution is 0.0665. The van der Waals surface area contributed by atoms with E-state index in [-0.39, 0.29) is 6.54 Å². The topological polar surface area (TPSA) is 59.1 Å². The molecule has 0 saturated heterocycles. The fourth-order valence-electron chi connectivity index (χ4n) is 0.577. The molecule has 4 heteroatoms. The molecule has 0 aliphatic rings. The smallest absolute Gasteiger partial charge is 0.125 e. The molecule has 0 bridgehead atoms. The zero-order valence-corrected chi connectivity index (χ0v) is 6.56. The maximum atomic E-state index is 9.51. The Labute approximate surface area is 63.5 Å². The zero-order valence-electron chi connectivity index (χ0n) is 5.74. The summed E-state index contributed by atoms with van der Waals surface area (Å²) >= 11 is 1.41. The fraction of sp³-hybridized carbons (Fsp3) is 0.500. The van der Waals surface area contributed by atoms with Crippen molar-refractivity contribution in [1.82, 2.24) is 4.98 Å². The van der Waals surface area contributed by atoms with E-state index in [1.54, 1.807) is 13.1 Å². The van der Waals surface area contributed by atoms with Gasteiger partial charge in [0.2, 0.25) is 0 Å². The van der Waals surface area contributed by atoms with Crippen molar-refractivity contribution in [3.8, 4) is 0 Å². The predicted octanol–water partition coefficient (Wildman–Crippen LogP) is 0.309. The first-order valence-corrected chi connectivity index (χ1v) is 3.87. The lowest BCUT2D eigenvalue weighted by atomic mass is 10.1. The summed E-state index contributed by atoms with van der Waals surface area (Å²) in [6.07, 6.45) is 1.66. The number of nitrogens with zero attached hydrogens (tertiary/aromatic N) is 1. The van der Waals surface area contributed by atoms with Crippen molar-refractivity contribution in [2.75, 3.05) is 6.54 Å². The van der Waals surface area contributed by atoms with E-state index < -0.39 is 5.60 Å². The van der Waals surface area contributed by atoms with E-state index in [0.717, 1.165) is 0 Å². The van der Waals surface area contributed by atoms with Gasteiger partial charge in [-0.05, 0) is 6.92 Å². The van der Waals surface area contributed by atoms with E-state index in [1.165, 1.54) is 11.3 Å². The van der Waals surface area contributed by atoms with E-state index in [2.05, 4.69) is 4.98 Å². The first kappa shape index (κ1) is 7.65. The summed E-state index contributed by atoms with van der Waals surface area (Å²) in [5, 5.41) is 12.0. The van der Waals surface area contributed by atoms with Crippen LogP contribution < -0.4 is 5.73 Å². The second kappa shape index (κ2) is 2.65. The number of rotatable bonds is 2. The largest absolute Gasteiger partial charge is 0.382 e. The second-order valence-electron chi connectivity index (χ2n) is 2.32. The highest BCUT2D eigenvalue weighted by molar-refractivity contribution is 7.09. The van der Waals surface area contributed by atoms with Crippen molar-refractivity contribution in [2.45, 2.75) is 12.5 Å². The van der Waals surface area contributed by atoms with Crippen LogP contribution in [0, 0.1) is 0 Å². The average Bonchev–Trinajstić information content (AvgIpc) is 2.38. The van der Waals surface area contributed by atoms with Gasteiger partial charge in [-0.15, -0.1) is 11.3 Å². The van der Waals surface area contributed by atoms with Crippen molar-refractivity contribution in [3.05, 3.63) is 16.6 Å². The highest BCUT2D eigenvalue weighted by Gasteiger charge is 2.23. The van der Waals surface area contributed by atoms with Crippen LogP contribution in [0.2, 0.25) is 0 Å². The predicted molar refractivity (Wildman–Crippen MR) is 40.7 cm³/mol.